The van der Waals surface area contributed by atoms with Gasteiger partial charge in [-0.25, -0.2) is 9.59 Å². The number of ether oxygens (including phenoxy) is 2. The Balaban J connectivity index is 2.04. The Hall–Kier alpha value is -3.61. The van der Waals surface area contributed by atoms with E-state index in [1.807, 2.05) is 0 Å². The van der Waals surface area contributed by atoms with Crippen LogP contribution in [0.1, 0.15) is 24.1 Å². The van der Waals surface area contributed by atoms with Gasteiger partial charge >= 0.3 is 11.6 Å². The number of hydrogen-bond acceptors (Lipinski definition) is 7. The zero-order valence-corrected chi connectivity index (χ0v) is 14.5. The third-order valence-electron chi connectivity index (χ3n) is 4.33. The van der Waals surface area contributed by atoms with Gasteiger partial charge < -0.3 is 19.6 Å². The molecule has 0 saturated carbocycles. The van der Waals surface area contributed by atoms with Gasteiger partial charge in [0.15, 0.2) is 5.75 Å². The van der Waals surface area contributed by atoms with Crippen LogP contribution in [0, 0.1) is 0 Å². The molecule has 136 valence electrons. The number of pyridine rings is 1. The predicted molar refractivity (Wildman–Crippen MR) is 97.0 cm³/mol. The van der Waals surface area contributed by atoms with E-state index in [9.17, 15) is 9.59 Å². The molecule has 1 aliphatic heterocycles. The number of rotatable bonds is 3. The second kappa shape index (κ2) is 6.60. The molecule has 0 saturated heterocycles. The average Bonchev–Trinajstić information content (AvgIpc) is 2.68. The van der Waals surface area contributed by atoms with Crippen LogP contribution in [0.5, 0.6) is 5.75 Å². The SMILES string of the molecule is CCOC(=O)C1=C(N)Oc2c(c(=O)oc3ccccc23)[C@H]1c1ccccn1. The molecule has 0 amide bonds. The van der Waals surface area contributed by atoms with Crippen molar-refractivity contribution in [1.29, 1.82) is 0 Å². The summed E-state index contributed by atoms with van der Waals surface area (Å²) in [6, 6.07) is 12.2. The lowest BCUT2D eigenvalue weighted by molar-refractivity contribution is -0.139. The van der Waals surface area contributed by atoms with Crippen molar-refractivity contribution in [3.8, 4) is 5.75 Å². The lowest BCUT2D eigenvalue weighted by atomic mass is 9.86. The zero-order chi connectivity index (χ0) is 19.0. The first-order valence-electron chi connectivity index (χ1n) is 8.43. The fourth-order valence-corrected chi connectivity index (χ4v) is 3.22. The maximum Gasteiger partial charge on any atom is 0.344 e. The van der Waals surface area contributed by atoms with Crippen LogP contribution in [0.15, 0.2) is 69.3 Å². The minimum Gasteiger partial charge on any atom is -0.462 e. The quantitative estimate of drug-likeness (QED) is 0.562. The summed E-state index contributed by atoms with van der Waals surface area (Å²) in [7, 11) is 0. The van der Waals surface area contributed by atoms with Crippen molar-refractivity contribution in [3.05, 3.63) is 81.8 Å². The van der Waals surface area contributed by atoms with Crippen molar-refractivity contribution in [2.24, 2.45) is 5.73 Å². The summed E-state index contributed by atoms with van der Waals surface area (Å²) < 4.78 is 16.3. The van der Waals surface area contributed by atoms with E-state index in [-0.39, 0.29) is 29.4 Å². The van der Waals surface area contributed by atoms with E-state index >= 15 is 0 Å². The van der Waals surface area contributed by atoms with Crippen LogP contribution in [0.3, 0.4) is 0 Å². The van der Waals surface area contributed by atoms with Gasteiger partial charge in [0.1, 0.15) is 11.2 Å². The number of aromatic nitrogens is 1. The molecule has 3 heterocycles. The number of benzene rings is 1. The molecule has 4 rings (SSSR count). The summed E-state index contributed by atoms with van der Waals surface area (Å²) in [5.74, 6) is -1.37. The van der Waals surface area contributed by atoms with Gasteiger partial charge in [-0.3, -0.25) is 4.98 Å². The smallest absolute Gasteiger partial charge is 0.344 e. The first kappa shape index (κ1) is 16.8. The summed E-state index contributed by atoms with van der Waals surface area (Å²) in [5, 5.41) is 0.582. The third-order valence-corrected chi connectivity index (χ3v) is 4.33. The Bertz CT molecular complexity index is 1120. The Labute approximate surface area is 154 Å². The van der Waals surface area contributed by atoms with Crippen molar-refractivity contribution in [3.63, 3.8) is 0 Å². The number of fused-ring (bicyclic) bond motifs is 3. The maximum atomic E-state index is 12.8. The fourth-order valence-electron chi connectivity index (χ4n) is 3.22. The first-order valence-corrected chi connectivity index (χ1v) is 8.43. The first-order chi connectivity index (χ1) is 13.1. The highest BCUT2D eigenvalue weighted by atomic mass is 16.5. The van der Waals surface area contributed by atoms with Crippen molar-refractivity contribution in [2.75, 3.05) is 6.61 Å². The number of carbonyl (C=O) groups is 1. The highest BCUT2D eigenvalue weighted by Crippen LogP contribution is 2.43. The van der Waals surface area contributed by atoms with Crippen LogP contribution in [0.2, 0.25) is 0 Å². The minimum atomic E-state index is -0.852. The number of hydrogen-bond donors (Lipinski definition) is 1. The molecule has 1 atom stereocenters. The monoisotopic (exact) mass is 364 g/mol. The van der Waals surface area contributed by atoms with Gasteiger partial charge in [0.25, 0.3) is 0 Å². The van der Waals surface area contributed by atoms with E-state index in [4.69, 9.17) is 19.6 Å². The molecule has 3 aromatic rings. The fraction of sp³-hybridized carbons (Fsp3) is 0.150. The van der Waals surface area contributed by atoms with Crippen LogP contribution >= 0.6 is 0 Å². The Morgan fingerprint density at radius 2 is 2.00 bits per heavy atom. The van der Waals surface area contributed by atoms with Crippen molar-refractivity contribution < 1.29 is 18.7 Å². The van der Waals surface area contributed by atoms with Crippen molar-refractivity contribution in [2.45, 2.75) is 12.8 Å². The molecule has 2 N–H and O–H groups in total. The van der Waals surface area contributed by atoms with E-state index < -0.39 is 17.5 Å². The summed E-state index contributed by atoms with van der Waals surface area (Å²) >= 11 is 0. The van der Waals surface area contributed by atoms with Gasteiger partial charge in [0.05, 0.1) is 29.2 Å². The lowest BCUT2D eigenvalue weighted by Gasteiger charge is -2.27. The topological polar surface area (TPSA) is 105 Å². The van der Waals surface area contributed by atoms with Gasteiger partial charge in [0, 0.05) is 6.20 Å². The number of para-hydroxylation sites is 1. The van der Waals surface area contributed by atoms with E-state index in [0.717, 1.165) is 0 Å². The molecular weight excluding hydrogens is 348 g/mol. The van der Waals surface area contributed by atoms with Gasteiger partial charge in [-0.05, 0) is 31.2 Å². The summed E-state index contributed by atoms with van der Waals surface area (Å²) in [6.45, 7) is 1.84. The molecule has 2 aromatic heterocycles. The van der Waals surface area contributed by atoms with Crippen molar-refractivity contribution >= 4 is 16.9 Å². The van der Waals surface area contributed by atoms with Gasteiger partial charge in [-0.1, -0.05) is 18.2 Å². The Morgan fingerprint density at radius 1 is 1.22 bits per heavy atom. The van der Waals surface area contributed by atoms with Gasteiger partial charge in [-0.15, -0.1) is 0 Å². The van der Waals surface area contributed by atoms with Crippen LogP contribution in [-0.2, 0) is 9.53 Å². The summed E-state index contributed by atoms with van der Waals surface area (Å²) in [4.78, 5) is 29.7. The second-order valence-corrected chi connectivity index (χ2v) is 5.92. The maximum absolute atomic E-state index is 12.8. The minimum absolute atomic E-state index is 0.0330. The molecule has 27 heavy (non-hydrogen) atoms. The number of esters is 1. The average molecular weight is 364 g/mol. The molecule has 1 aliphatic rings. The molecular formula is C20H16N2O5. The van der Waals surface area contributed by atoms with E-state index in [1.165, 1.54) is 0 Å². The molecule has 0 spiro atoms. The third kappa shape index (κ3) is 2.73. The molecule has 1 aromatic carbocycles. The molecule has 7 heteroatoms. The molecule has 7 nitrogen and oxygen atoms in total. The Morgan fingerprint density at radius 3 is 2.74 bits per heavy atom. The Kier molecular flexibility index (Phi) is 4.12. The lowest BCUT2D eigenvalue weighted by Crippen LogP contribution is -2.31. The van der Waals surface area contributed by atoms with E-state index in [1.54, 1.807) is 55.6 Å². The highest BCUT2D eigenvalue weighted by Gasteiger charge is 2.39. The number of nitrogens with two attached hydrogens (primary N) is 1. The van der Waals surface area contributed by atoms with Crippen molar-refractivity contribution in [1.82, 2.24) is 4.98 Å². The molecule has 0 fully saturated rings. The predicted octanol–water partition coefficient (Wildman–Crippen LogP) is 2.45. The van der Waals surface area contributed by atoms with Crippen LogP contribution in [0.25, 0.3) is 11.0 Å². The number of carbonyl (C=O) groups excluding carboxylic acids is 1. The summed E-state index contributed by atoms with van der Waals surface area (Å²) in [6.07, 6.45) is 1.58. The largest absolute Gasteiger partial charge is 0.462 e. The zero-order valence-electron chi connectivity index (χ0n) is 14.5. The normalized spacial score (nSPS) is 16.0. The van der Waals surface area contributed by atoms with E-state index in [0.29, 0.717) is 16.7 Å². The molecule has 0 radical (unpaired) electrons. The van der Waals surface area contributed by atoms with Gasteiger partial charge in [-0.2, -0.15) is 0 Å². The molecule has 0 bridgehead atoms. The molecule has 0 unspecified atom stereocenters. The highest BCUT2D eigenvalue weighted by molar-refractivity contribution is 5.94. The van der Waals surface area contributed by atoms with Crippen LogP contribution < -0.4 is 16.1 Å². The second-order valence-electron chi connectivity index (χ2n) is 5.92. The van der Waals surface area contributed by atoms with Gasteiger partial charge in [0.2, 0.25) is 5.88 Å². The molecule has 0 aliphatic carbocycles. The van der Waals surface area contributed by atoms with Crippen LogP contribution in [-0.4, -0.2) is 17.6 Å². The van der Waals surface area contributed by atoms with Crippen LogP contribution in [0.4, 0.5) is 0 Å². The van der Waals surface area contributed by atoms with E-state index in [2.05, 4.69) is 4.98 Å². The summed E-state index contributed by atoms with van der Waals surface area (Å²) in [5.41, 5.74) is 6.51. The number of nitrogens with zero attached hydrogens (tertiary/aromatic N) is 1. The standard InChI is InChI=1S/C20H16N2O5/c1-2-25-19(23)16-14(12-8-5-6-10-22-12)15-17(27-18(16)21)11-7-3-4-9-13(11)26-20(15)24/h3-10,14H,2,21H2,1H3/t14-/m1/s1.